The summed E-state index contributed by atoms with van der Waals surface area (Å²) >= 11 is 0. The van der Waals surface area contributed by atoms with Gasteiger partial charge < -0.3 is 15.0 Å². The van der Waals surface area contributed by atoms with Gasteiger partial charge in [0.1, 0.15) is 12.2 Å². The molecule has 0 radical (unpaired) electrons. The third kappa shape index (κ3) is 2.78. The fraction of sp³-hybridized carbons (Fsp3) is 0.778. The highest BCUT2D eigenvalue weighted by Crippen LogP contribution is 2.07. The van der Waals surface area contributed by atoms with Crippen molar-refractivity contribution < 1.29 is 5.11 Å². The van der Waals surface area contributed by atoms with E-state index in [0.717, 1.165) is 5.82 Å². The Morgan fingerprint density at radius 2 is 2.29 bits per heavy atom. The molecule has 0 aliphatic carbocycles. The van der Waals surface area contributed by atoms with Crippen LogP contribution in [0.2, 0.25) is 0 Å². The quantitative estimate of drug-likeness (QED) is 0.718. The minimum absolute atomic E-state index is 0.0131. The molecular formula is C9H18N4O. The Kier molecular flexibility index (Phi) is 3.23. The summed E-state index contributed by atoms with van der Waals surface area (Å²) in [5.74, 6) is 0.862. The molecule has 0 aliphatic rings. The minimum atomic E-state index is -0.724. The van der Waals surface area contributed by atoms with Gasteiger partial charge in [0.2, 0.25) is 0 Å². The maximum Gasteiger partial charge on any atom is 0.146 e. The molecule has 2 N–H and O–H groups in total. The van der Waals surface area contributed by atoms with Crippen LogP contribution in [0.1, 0.15) is 26.6 Å². The zero-order valence-electron chi connectivity index (χ0n) is 9.15. The first-order valence-electron chi connectivity index (χ1n) is 4.70. The van der Waals surface area contributed by atoms with Gasteiger partial charge in [-0.2, -0.15) is 0 Å². The van der Waals surface area contributed by atoms with E-state index >= 15 is 0 Å². The van der Waals surface area contributed by atoms with Crippen LogP contribution in [-0.4, -0.2) is 31.5 Å². The van der Waals surface area contributed by atoms with Crippen LogP contribution in [0.25, 0.3) is 0 Å². The highest BCUT2D eigenvalue weighted by molar-refractivity contribution is 4.87. The van der Waals surface area contributed by atoms with Gasteiger partial charge in [0.05, 0.1) is 12.1 Å². The number of rotatable bonds is 4. The zero-order valence-corrected chi connectivity index (χ0v) is 9.15. The lowest BCUT2D eigenvalue weighted by molar-refractivity contribution is 0.0434. The Bertz CT molecular complexity index is 289. The largest absolute Gasteiger partial charge is 0.389 e. The molecule has 0 saturated carbocycles. The van der Waals surface area contributed by atoms with E-state index in [0.29, 0.717) is 6.54 Å². The number of hydrogen-bond acceptors (Lipinski definition) is 4. The average molecular weight is 198 g/mol. The van der Waals surface area contributed by atoms with Gasteiger partial charge in [-0.1, -0.05) is 0 Å². The SMILES string of the molecule is CC(NCc1nncn1C)C(C)(C)O. The summed E-state index contributed by atoms with van der Waals surface area (Å²) in [5.41, 5.74) is -0.724. The predicted molar refractivity (Wildman–Crippen MR) is 53.6 cm³/mol. The van der Waals surface area contributed by atoms with Crippen molar-refractivity contribution in [3.63, 3.8) is 0 Å². The molecule has 0 saturated heterocycles. The average Bonchev–Trinajstić information content (AvgIpc) is 2.45. The summed E-state index contributed by atoms with van der Waals surface area (Å²) in [6, 6.07) is 0.0131. The van der Waals surface area contributed by atoms with E-state index in [1.54, 1.807) is 20.2 Å². The van der Waals surface area contributed by atoms with Crippen LogP contribution in [0.5, 0.6) is 0 Å². The maximum absolute atomic E-state index is 9.68. The Morgan fingerprint density at radius 1 is 1.64 bits per heavy atom. The normalized spacial score (nSPS) is 14.4. The Balaban J connectivity index is 2.46. The van der Waals surface area contributed by atoms with Crippen molar-refractivity contribution in [1.29, 1.82) is 0 Å². The van der Waals surface area contributed by atoms with Crippen molar-refractivity contribution in [1.82, 2.24) is 20.1 Å². The molecule has 80 valence electrons. The molecule has 5 heteroatoms. The molecule has 0 bridgehead atoms. The molecule has 1 unspecified atom stereocenters. The van der Waals surface area contributed by atoms with E-state index in [9.17, 15) is 5.11 Å². The Labute approximate surface area is 84.2 Å². The first-order valence-corrected chi connectivity index (χ1v) is 4.70. The number of aromatic nitrogens is 3. The van der Waals surface area contributed by atoms with E-state index in [-0.39, 0.29) is 6.04 Å². The smallest absolute Gasteiger partial charge is 0.146 e. The molecule has 0 amide bonds. The maximum atomic E-state index is 9.68. The number of nitrogens with zero attached hydrogens (tertiary/aromatic N) is 3. The van der Waals surface area contributed by atoms with E-state index in [1.807, 2.05) is 18.5 Å². The third-order valence-corrected chi connectivity index (χ3v) is 2.43. The van der Waals surface area contributed by atoms with Gasteiger partial charge in [0, 0.05) is 13.1 Å². The van der Waals surface area contributed by atoms with Crippen LogP contribution in [0, 0.1) is 0 Å². The van der Waals surface area contributed by atoms with Gasteiger partial charge in [-0.05, 0) is 20.8 Å². The monoisotopic (exact) mass is 198 g/mol. The molecule has 1 aromatic rings. The first-order chi connectivity index (χ1) is 6.41. The summed E-state index contributed by atoms with van der Waals surface area (Å²) in [6.45, 7) is 6.11. The standard InChI is InChI=1S/C9H18N4O/c1-7(9(2,3)14)10-5-8-12-11-6-13(8)4/h6-7,10,14H,5H2,1-4H3. The summed E-state index contributed by atoms with van der Waals surface area (Å²) in [5, 5.41) is 20.6. The Hall–Kier alpha value is -0.940. The summed E-state index contributed by atoms with van der Waals surface area (Å²) in [6.07, 6.45) is 1.66. The molecule has 0 fully saturated rings. The Morgan fingerprint density at radius 3 is 2.71 bits per heavy atom. The lowest BCUT2D eigenvalue weighted by Crippen LogP contribution is -2.44. The van der Waals surface area contributed by atoms with Gasteiger partial charge >= 0.3 is 0 Å². The van der Waals surface area contributed by atoms with Crippen LogP contribution in [0.15, 0.2) is 6.33 Å². The third-order valence-electron chi connectivity index (χ3n) is 2.43. The van der Waals surface area contributed by atoms with Gasteiger partial charge in [-0.3, -0.25) is 0 Å². The van der Waals surface area contributed by atoms with Gasteiger partial charge in [0.25, 0.3) is 0 Å². The van der Waals surface area contributed by atoms with Crippen LogP contribution < -0.4 is 5.32 Å². The van der Waals surface area contributed by atoms with Crippen molar-refractivity contribution in [2.75, 3.05) is 0 Å². The van der Waals surface area contributed by atoms with Crippen LogP contribution >= 0.6 is 0 Å². The van der Waals surface area contributed by atoms with Crippen LogP contribution in [-0.2, 0) is 13.6 Å². The summed E-state index contributed by atoms with van der Waals surface area (Å²) in [4.78, 5) is 0. The molecule has 0 aromatic carbocycles. The predicted octanol–water partition coefficient (Wildman–Crippen LogP) is 0.0641. The van der Waals surface area contributed by atoms with Crippen LogP contribution in [0.3, 0.4) is 0 Å². The van der Waals surface area contributed by atoms with E-state index in [2.05, 4.69) is 15.5 Å². The van der Waals surface area contributed by atoms with Crippen molar-refractivity contribution in [2.24, 2.45) is 7.05 Å². The van der Waals surface area contributed by atoms with Crippen molar-refractivity contribution in [3.8, 4) is 0 Å². The number of aryl methyl sites for hydroxylation is 1. The van der Waals surface area contributed by atoms with Crippen molar-refractivity contribution in [2.45, 2.75) is 39.0 Å². The molecule has 5 nitrogen and oxygen atoms in total. The second-order valence-electron chi connectivity index (χ2n) is 4.11. The zero-order chi connectivity index (χ0) is 10.8. The number of hydrogen-bond donors (Lipinski definition) is 2. The fourth-order valence-electron chi connectivity index (χ4n) is 0.961. The second-order valence-corrected chi connectivity index (χ2v) is 4.11. The van der Waals surface area contributed by atoms with Crippen molar-refractivity contribution >= 4 is 0 Å². The van der Waals surface area contributed by atoms with Gasteiger partial charge in [-0.15, -0.1) is 10.2 Å². The molecule has 14 heavy (non-hydrogen) atoms. The topological polar surface area (TPSA) is 63.0 Å². The van der Waals surface area contributed by atoms with Gasteiger partial charge in [0.15, 0.2) is 0 Å². The lowest BCUT2D eigenvalue weighted by Gasteiger charge is -2.26. The fourth-order valence-corrected chi connectivity index (χ4v) is 0.961. The molecule has 1 atom stereocenters. The molecule has 0 spiro atoms. The van der Waals surface area contributed by atoms with Crippen molar-refractivity contribution in [3.05, 3.63) is 12.2 Å². The van der Waals surface area contributed by atoms with E-state index in [4.69, 9.17) is 0 Å². The highest BCUT2D eigenvalue weighted by atomic mass is 16.3. The van der Waals surface area contributed by atoms with E-state index < -0.39 is 5.60 Å². The summed E-state index contributed by atoms with van der Waals surface area (Å²) < 4.78 is 1.85. The molecule has 1 heterocycles. The molecule has 1 aromatic heterocycles. The van der Waals surface area contributed by atoms with Crippen LogP contribution in [0.4, 0.5) is 0 Å². The molecule has 1 rings (SSSR count). The van der Waals surface area contributed by atoms with Gasteiger partial charge in [-0.25, -0.2) is 0 Å². The molecule has 0 aliphatic heterocycles. The highest BCUT2D eigenvalue weighted by Gasteiger charge is 2.21. The summed E-state index contributed by atoms with van der Waals surface area (Å²) in [7, 11) is 1.89. The minimum Gasteiger partial charge on any atom is -0.389 e. The first kappa shape index (κ1) is 11.1. The molecular weight excluding hydrogens is 180 g/mol. The van der Waals surface area contributed by atoms with E-state index in [1.165, 1.54) is 0 Å². The number of aliphatic hydroxyl groups is 1. The second kappa shape index (κ2) is 4.06. The lowest BCUT2D eigenvalue weighted by atomic mass is 10.0. The number of nitrogens with one attached hydrogen (secondary N) is 1.